The molecule has 0 amide bonds. The van der Waals surface area contributed by atoms with Crippen LogP contribution in [0.3, 0.4) is 0 Å². The summed E-state index contributed by atoms with van der Waals surface area (Å²) in [7, 11) is -1.22. The van der Waals surface area contributed by atoms with Crippen LogP contribution in [0, 0.1) is 12.8 Å². The van der Waals surface area contributed by atoms with Crippen molar-refractivity contribution in [2.45, 2.75) is 24.3 Å². The highest BCUT2D eigenvalue weighted by Gasteiger charge is 2.43. The van der Waals surface area contributed by atoms with Crippen LogP contribution in [0.25, 0.3) is 0 Å². The third-order valence-corrected chi connectivity index (χ3v) is 6.30. The normalized spacial score (nSPS) is 28.7. The zero-order valence-corrected chi connectivity index (χ0v) is 12.2. The van der Waals surface area contributed by atoms with E-state index in [-0.39, 0.29) is 0 Å². The van der Waals surface area contributed by atoms with E-state index in [9.17, 15) is 8.42 Å². The van der Waals surface area contributed by atoms with Gasteiger partial charge in [0.15, 0.2) is 0 Å². The van der Waals surface area contributed by atoms with Crippen molar-refractivity contribution >= 4 is 10.0 Å². The van der Waals surface area contributed by atoms with Crippen LogP contribution >= 0.6 is 0 Å². The van der Waals surface area contributed by atoms with Crippen LogP contribution in [0.1, 0.15) is 12.0 Å². The minimum absolute atomic E-state index is 0.403. The third kappa shape index (κ3) is 2.20. The van der Waals surface area contributed by atoms with E-state index >= 15 is 0 Å². The molecular formula is C14H20N2O2S. The topological polar surface area (TPSA) is 40.6 Å². The van der Waals surface area contributed by atoms with Crippen LogP contribution in [-0.4, -0.2) is 50.3 Å². The minimum atomic E-state index is -3.31. The van der Waals surface area contributed by atoms with Crippen molar-refractivity contribution in [2.75, 3.05) is 26.7 Å². The molecule has 2 saturated heterocycles. The van der Waals surface area contributed by atoms with E-state index in [0.717, 1.165) is 18.5 Å². The van der Waals surface area contributed by atoms with Crippen LogP contribution in [0.15, 0.2) is 29.2 Å². The predicted molar refractivity (Wildman–Crippen MR) is 74.5 cm³/mol. The first kappa shape index (κ1) is 13.1. The third-order valence-electron chi connectivity index (χ3n) is 4.45. The number of fused-ring (bicyclic) bond motifs is 1. The fourth-order valence-corrected chi connectivity index (χ4v) is 4.70. The molecule has 0 saturated carbocycles. The second-order valence-corrected chi connectivity index (χ2v) is 7.67. The summed E-state index contributed by atoms with van der Waals surface area (Å²) in [6.45, 7) is 4.36. The molecular weight excluding hydrogens is 260 g/mol. The lowest BCUT2D eigenvalue weighted by molar-refractivity contribution is 0.297. The molecule has 0 bridgehead atoms. The largest absolute Gasteiger partial charge is 0.302 e. The van der Waals surface area contributed by atoms with Crippen molar-refractivity contribution in [2.24, 2.45) is 5.92 Å². The first-order valence-corrected chi connectivity index (χ1v) is 8.19. The Balaban J connectivity index is 1.84. The van der Waals surface area contributed by atoms with Gasteiger partial charge in [0.05, 0.1) is 4.90 Å². The highest BCUT2D eigenvalue weighted by Crippen LogP contribution is 2.33. The summed E-state index contributed by atoms with van der Waals surface area (Å²) < 4.78 is 26.8. The maximum absolute atomic E-state index is 12.6. The van der Waals surface area contributed by atoms with Crippen molar-refractivity contribution in [1.82, 2.24) is 9.21 Å². The smallest absolute Gasteiger partial charge is 0.243 e. The van der Waals surface area contributed by atoms with Crippen molar-refractivity contribution in [3.05, 3.63) is 29.8 Å². The molecule has 1 aromatic rings. The number of hydrogen-bond donors (Lipinski definition) is 0. The van der Waals surface area contributed by atoms with Gasteiger partial charge in [0.1, 0.15) is 0 Å². The van der Waals surface area contributed by atoms with Gasteiger partial charge in [-0.2, -0.15) is 4.31 Å². The molecule has 2 aliphatic rings. The average molecular weight is 280 g/mol. The van der Waals surface area contributed by atoms with Gasteiger partial charge in [-0.3, -0.25) is 0 Å². The molecule has 5 heteroatoms. The van der Waals surface area contributed by atoms with Crippen LogP contribution < -0.4 is 0 Å². The Labute approximate surface area is 115 Å². The summed E-state index contributed by atoms with van der Waals surface area (Å²) in [5.74, 6) is 0.505. The molecule has 0 spiro atoms. The lowest BCUT2D eigenvalue weighted by Crippen LogP contribution is -2.35. The van der Waals surface area contributed by atoms with Crippen LogP contribution in [-0.2, 0) is 10.0 Å². The second-order valence-electron chi connectivity index (χ2n) is 5.73. The lowest BCUT2D eigenvalue weighted by atomic mass is 10.1. The molecule has 104 valence electrons. The fraction of sp³-hybridized carbons (Fsp3) is 0.571. The molecule has 0 N–H and O–H groups in total. The fourth-order valence-electron chi connectivity index (χ4n) is 3.19. The lowest BCUT2D eigenvalue weighted by Gasteiger charge is -2.20. The second kappa shape index (κ2) is 4.58. The van der Waals surface area contributed by atoms with Gasteiger partial charge >= 0.3 is 0 Å². The summed E-state index contributed by atoms with van der Waals surface area (Å²) in [6, 6.07) is 7.54. The summed E-state index contributed by atoms with van der Waals surface area (Å²) in [6.07, 6.45) is 1.11. The van der Waals surface area contributed by atoms with Crippen LogP contribution in [0.2, 0.25) is 0 Å². The molecule has 2 aliphatic heterocycles. The Hall–Kier alpha value is -0.910. The van der Waals surface area contributed by atoms with Gasteiger partial charge in [0.25, 0.3) is 0 Å². The van der Waals surface area contributed by atoms with Gasteiger partial charge in [-0.1, -0.05) is 17.7 Å². The van der Waals surface area contributed by atoms with Gasteiger partial charge < -0.3 is 4.90 Å². The number of nitrogens with zero attached hydrogens (tertiary/aromatic N) is 2. The maximum Gasteiger partial charge on any atom is 0.243 e. The minimum Gasteiger partial charge on any atom is -0.302 e. The van der Waals surface area contributed by atoms with Crippen molar-refractivity contribution < 1.29 is 8.42 Å². The number of hydrogen-bond acceptors (Lipinski definition) is 3. The molecule has 4 nitrogen and oxygen atoms in total. The van der Waals surface area contributed by atoms with E-state index in [1.165, 1.54) is 0 Å². The van der Waals surface area contributed by atoms with Crippen LogP contribution in [0.4, 0.5) is 0 Å². The number of rotatable bonds is 2. The van der Waals surface area contributed by atoms with E-state index in [0.29, 0.717) is 29.9 Å². The van der Waals surface area contributed by atoms with Gasteiger partial charge in [-0.05, 0) is 45.0 Å². The number of benzene rings is 1. The number of likely N-dealkylation sites (N-methyl/N-ethyl adjacent to an activating group) is 1. The summed E-state index contributed by atoms with van der Waals surface area (Å²) >= 11 is 0. The number of sulfonamides is 1. The standard InChI is InChI=1S/C14H20N2O2S/c1-11-3-5-13(6-4-11)19(17,18)16-9-12-7-8-15(2)14(12)10-16/h3-6,12,14H,7-10H2,1-2H3/t12-,14+/m0/s1. The molecule has 2 heterocycles. The van der Waals surface area contributed by atoms with Crippen molar-refractivity contribution in [3.63, 3.8) is 0 Å². The first-order valence-electron chi connectivity index (χ1n) is 6.75. The van der Waals surface area contributed by atoms with Crippen molar-refractivity contribution in [1.29, 1.82) is 0 Å². The molecule has 1 aromatic carbocycles. The molecule has 0 aromatic heterocycles. The summed E-state index contributed by atoms with van der Waals surface area (Å²) in [5, 5.41) is 0. The molecule has 3 rings (SSSR count). The Morgan fingerprint density at radius 3 is 2.47 bits per heavy atom. The molecule has 19 heavy (non-hydrogen) atoms. The Morgan fingerprint density at radius 1 is 1.16 bits per heavy atom. The van der Waals surface area contributed by atoms with Gasteiger partial charge in [0, 0.05) is 19.1 Å². The Morgan fingerprint density at radius 2 is 1.84 bits per heavy atom. The van der Waals surface area contributed by atoms with E-state index < -0.39 is 10.0 Å². The zero-order valence-electron chi connectivity index (χ0n) is 11.4. The SMILES string of the molecule is Cc1ccc(S(=O)(=O)N2C[C@@H]3CCN(C)[C@@H]3C2)cc1. The zero-order chi connectivity index (χ0) is 13.6. The first-order chi connectivity index (χ1) is 8.98. The van der Waals surface area contributed by atoms with Gasteiger partial charge in [-0.15, -0.1) is 0 Å². The summed E-state index contributed by atoms with van der Waals surface area (Å²) in [4.78, 5) is 2.70. The molecule has 2 fully saturated rings. The van der Waals surface area contributed by atoms with E-state index in [2.05, 4.69) is 11.9 Å². The average Bonchev–Trinajstić information content (AvgIpc) is 2.93. The Kier molecular flexibility index (Phi) is 3.15. The number of likely N-dealkylation sites (tertiary alicyclic amines) is 1. The van der Waals surface area contributed by atoms with E-state index in [4.69, 9.17) is 0 Å². The highest BCUT2D eigenvalue weighted by atomic mass is 32.2. The maximum atomic E-state index is 12.6. The summed E-state index contributed by atoms with van der Waals surface area (Å²) in [5.41, 5.74) is 1.08. The molecule has 0 radical (unpaired) electrons. The molecule has 2 atom stereocenters. The van der Waals surface area contributed by atoms with E-state index in [1.54, 1.807) is 16.4 Å². The van der Waals surface area contributed by atoms with Gasteiger partial charge in [0.2, 0.25) is 10.0 Å². The molecule has 0 unspecified atom stereocenters. The molecule has 0 aliphatic carbocycles. The van der Waals surface area contributed by atoms with Gasteiger partial charge in [-0.25, -0.2) is 8.42 Å². The predicted octanol–water partition coefficient (Wildman–Crippen LogP) is 1.32. The van der Waals surface area contributed by atoms with E-state index in [1.807, 2.05) is 19.1 Å². The highest BCUT2D eigenvalue weighted by molar-refractivity contribution is 7.89. The monoisotopic (exact) mass is 280 g/mol. The van der Waals surface area contributed by atoms with Crippen LogP contribution in [0.5, 0.6) is 0 Å². The Bertz CT molecular complexity index is 568. The van der Waals surface area contributed by atoms with Crippen molar-refractivity contribution in [3.8, 4) is 0 Å². The number of aryl methyl sites for hydroxylation is 1. The quantitative estimate of drug-likeness (QED) is 0.820.